The van der Waals surface area contributed by atoms with Gasteiger partial charge in [-0.25, -0.2) is 13.8 Å². The standard InChI is InChI=1S/C16H21F4N5O5/c1-3-6(26)10-7(17)9(27)13(30-10)25-11-8(12(29-2)23-14(21)22-11)24(15(25)28)5-4-16(18,19)20/h6-7,9-10,13,26-27H,3-5H2,1-2H3,(H2,21,22,23)/t6-,7+,9+,10+,13+/m0/s1. The van der Waals surface area contributed by atoms with Crippen LogP contribution >= 0.6 is 0 Å². The topological polar surface area (TPSA) is 138 Å². The fraction of sp³-hybridized carbons (Fsp3) is 0.688. The largest absolute Gasteiger partial charge is 0.479 e. The Morgan fingerprint density at radius 1 is 1.37 bits per heavy atom. The number of halogens is 4. The Bertz CT molecular complexity index is 978. The molecule has 2 aromatic rings. The van der Waals surface area contributed by atoms with Crippen LogP contribution in [0.15, 0.2) is 4.79 Å². The normalized spacial score (nSPS) is 25.7. The van der Waals surface area contributed by atoms with E-state index < -0.39 is 55.5 Å². The third-order valence-electron chi connectivity index (χ3n) is 4.88. The molecule has 4 N–H and O–H groups in total. The minimum Gasteiger partial charge on any atom is -0.479 e. The highest BCUT2D eigenvalue weighted by Gasteiger charge is 2.49. The van der Waals surface area contributed by atoms with Crippen LogP contribution in [0, 0.1) is 0 Å². The first-order chi connectivity index (χ1) is 14.0. The highest BCUT2D eigenvalue weighted by molar-refractivity contribution is 5.78. The monoisotopic (exact) mass is 439 g/mol. The average molecular weight is 439 g/mol. The van der Waals surface area contributed by atoms with Crippen LogP contribution in [0.4, 0.5) is 23.5 Å². The molecular weight excluding hydrogens is 418 g/mol. The third-order valence-corrected chi connectivity index (χ3v) is 4.88. The molecule has 5 atom stereocenters. The zero-order valence-electron chi connectivity index (χ0n) is 16.0. The SMILES string of the molecule is CC[C@H](O)[C@H]1O[C@@H](n2c(=O)n(CCC(F)(F)F)c3c(OC)nc(N)nc32)[C@H](O)[C@H]1F. The maximum Gasteiger partial charge on any atom is 0.390 e. The van der Waals surface area contributed by atoms with E-state index in [1.807, 2.05) is 0 Å². The van der Waals surface area contributed by atoms with Crippen molar-refractivity contribution in [1.29, 1.82) is 0 Å². The quantitative estimate of drug-likeness (QED) is 0.554. The van der Waals surface area contributed by atoms with Crippen LogP contribution < -0.4 is 16.2 Å². The number of aliphatic hydroxyl groups excluding tert-OH is 2. The summed E-state index contributed by atoms with van der Waals surface area (Å²) >= 11 is 0. The summed E-state index contributed by atoms with van der Waals surface area (Å²) < 4.78 is 64.7. The zero-order chi connectivity index (χ0) is 22.4. The number of nitrogen functional groups attached to an aromatic ring is 1. The van der Waals surface area contributed by atoms with Gasteiger partial charge in [-0.3, -0.25) is 4.57 Å². The molecule has 3 rings (SSSR count). The summed E-state index contributed by atoms with van der Waals surface area (Å²) in [6.45, 7) is 0.757. The molecule has 2 aromatic heterocycles. The molecule has 14 heteroatoms. The molecule has 0 spiro atoms. The molecule has 0 radical (unpaired) electrons. The number of alkyl halides is 4. The number of anilines is 1. The second kappa shape index (κ2) is 8.00. The molecule has 1 saturated heterocycles. The number of methoxy groups -OCH3 is 1. The maximum atomic E-state index is 14.5. The summed E-state index contributed by atoms with van der Waals surface area (Å²) in [4.78, 5) is 20.6. The van der Waals surface area contributed by atoms with Gasteiger partial charge < -0.3 is 25.4 Å². The van der Waals surface area contributed by atoms with Crippen molar-refractivity contribution in [2.24, 2.45) is 0 Å². The minimum atomic E-state index is -4.57. The molecule has 0 aliphatic carbocycles. The summed E-state index contributed by atoms with van der Waals surface area (Å²) in [6.07, 6.45) is -14.1. The van der Waals surface area contributed by atoms with Gasteiger partial charge in [-0.05, 0) is 6.42 Å². The number of aliphatic hydroxyl groups is 2. The predicted octanol–water partition coefficient (Wildman–Crippen LogP) is 0.503. The first kappa shape index (κ1) is 22.2. The molecule has 3 heterocycles. The number of imidazole rings is 1. The van der Waals surface area contributed by atoms with Gasteiger partial charge in [0.05, 0.1) is 19.6 Å². The molecule has 0 amide bonds. The van der Waals surface area contributed by atoms with Crippen LogP contribution in [0.5, 0.6) is 5.88 Å². The number of fused-ring (bicyclic) bond motifs is 1. The number of nitrogens with two attached hydrogens (primary N) is 1. The van der Waals surface area contributed by atoms with Crippen molar-refractivity contribution in [2.45, 2.75) is 63.2 Å². The molecule has 10 nitrogen and oxygen atoms in total. The average Bonchev–Trinajstić information content (AvgIpc) is 3.11. The fourth-order valence-electron chi connectivity index (χ4n) is 3.39. The van der Waals surface area contributed by atoms with Crippen LogP contribution in [0.1, 0.15) is 26.0 Å². The summed E-state index contributed by atoms with van der Waals surface area (Å²) in [5, 5.41) is 20.2. The van der Waals surface area contributed by atoms with Crippen molar-refractivity contribution in [3.8, 4) is 5.88 Å². The number of ether oxygens (including phenoxy) is 2. The summed E-state index contributed by atoms with van der Waals surface area (Å²) in [6, 6.07) is 0. The van der Waals surface area contributed by atoms with Gasteiger partial charge in [0.2, 0.25) is 11.8 Å². The highest BCUT2D eigenvalue weighted by Crippen LogP contribution is 2.36. The van der Waals surface area contributed by atoms with Crippen LogP contribution in [0.25, 0.3) is 11.2 Å². The molecule has 30 heavy (non-hydrogen) atoms. The van der Waals surface area contributed by atoms with Crippen molar-refractivity contribution in [1.82, 2.24) is 19.1 Å². The molecule has 1 aliphatic rings. The van der Waals surface area contributed by atoms with Gasteiger partial charge in [-0.2, -0.15) is 23.1 Å². The van der Waals surface area contributed by atoms with Gasteiger partial charge in [0.1, 0.15) is 12.2 Å². The Kier molecular flexibility index (Phi) is 5.93. The van der Waals surface area contributed by atoms with Crippen molar-refractivity contribution in [3.05, 3.63) is 10.5 Å². The van der Waals surface area contributed by atoms with Gasteiger partial charge >= 0.3 is 11.9 Å². The second-order valence-corrected chi connectivity index (χ2v) is 6.83. The first-order valence-corrected chi connectivity index (χ1v) is 9.04. The number of rotatable bonds is 6. The smallest absolute Gasteiger partial charge is 0.390 e. The van der Waals surface area contributed by atoms with Gasteiger partial charge in [0.25, 0.3) is 0 Å². The highest BCUT2D eigenvalue weighted by atomic mass is 19.4. The molecule has 0 saturated carbocycles. The Balaban J connectivity index is 2.19. The first-order valence-electron chi connectivity index (χ1n) is 9.04. The Morgan fingerprint density at radius 3 is 2.60 bits per heavy atom. The van der Waals surface area contributed by atoms with Gasteiger partial charge in [-0.15, -0.1) is 0 Å². The minimum absolute atomic E-state index is 0.107. The van der Waals surface area contributed by atoms with E-state index in [9.17, 15) is 32.6 Å². The molecule has 0 unspecified atom stereocenters. The second-order valence-electron chi connectivity index (χ2n) is 6.83. The Labute approximate surface area is 166 Å². The van der Waals surface area contributed by atoms with E-state index in [1.54, 1.807) is 6.92 Å². The van der Waals surface area contributed by atoms with Gasteiger partial charge in [0, 0.05) is 6.54 Å². The number of hydrogen-bond donors (Lipinski definition) is 3. The van der Waals surface area contributed by atoms with E-state index in [1.165, 1.54) is 7.11 Å². The van der Waals surface area contributed by atoms with Crippen LogP contribution in [0.2, 0.25) is 0 Å². The molecule has 0 bridgehead atoms. The number of aryl methyl sites for hydroxylation is 1. The Hall–Kier alpha value is -2.45. The Morgan fingerprint density at radius 2 is 2.03 bits per heavy atom. The lowest BCUT2D eigenvalue weighted by Gasteiger charge is -2.18. The zero-order valence-corrected chi connectivity index (χ0v) is 16.0. The maximum absolute atomic E-state index is 14.5. The number of aromatic nitrogens is 4. The van der Waals surface area contributed by atoms with Gasteiger partial charge in [-0.1, -0.05) is 6.92 Å². The fourth-order valence-corrected chi connectivity index (χ4v) is 3.39. The molecule has 168 valence electrons. The summed E-state index contributed by atoms with van der Waals surface area (Å²) in [5.74, 6) is -0.638. The molecule has 1 aliphatic heterocycles. The van der Waals surface area contributed by atoms with E-state index in [2.05, 4.69) is 9.97 Å². The lowest BCUT2D eigenvalue weighted by atomic mass is 10.1. The van der Waals surface area contributed by atoms with Gasteiger partial charge in [0.15, 0.2) is 23.6 Å². The third kappa shape index (κ3) is 3.81. The van der Waals surface area contributed by atoms with Crippen LogP contribution in [-0.4, -0.2) is 67.1 Å². The van der Waals surface area contributed by atoms with Crippen molar-refractivity contribution < 1.29 is 37.2 Å². The van der Waals surface area contributed by atoms with E-state index in [-0.39, 0.29) is 29.4 Å². The van der Waals surface area contributed by atoms with Crippen LogP contribution in [0.3, 0.4) is 0 Å². The molecule has 0 aromatic carbocycles. The predicted molar refractivity (Wildman–Crippen MR) is 94.5 cm³/mol. The number of nitrogens with zero attached hydrogens (tertiary/aromatic N) is 4. The van der Waals surface area contributed by atoms with Crippen molar-refractivity contribution >= 4 is 17.1 Å². The molecule has 1 fully saturated rings. The van der Waals surface area contributed by atoms with E-state index >= 15 is 0 Å². The lowest BCUT2D eigenvalue weighted by Crippen LogP contribution is -2.36. The summed E-state index contributed by atoms with van der Waals surface area (Å²) in [7, 11) is 1.17. The van der Waals surface area contributed by atoms with E-state index in [0.717, 1.165) is 0 Å². The van der Waals surface area contributed by atoms with Crippen LogP contribution in [-0.2, 0) is 11.3 Å². The summed E-state index contributed by atoms with van der Waals surface area (Å²) in [5.41, 5.74) is 4.03. The van der Waals surface area contributed by atoms with Crippen molar-refractivity contribution in [2.75, 3.05) is 12.8 Å². The van der Waals surface area contributed by atoms with E-state index in [0.29, 0.717) is 9.13 Å². The lowest BCUT2D eigenvalue weighted by molar-refractivity contribution is -0.136. The van der Waals surface area contributed by atoms with Crippen molar-refractivity contribution in [3.63, 3.8) is 0 Å². The van der Waals surface area contributed by atoms with E-state index in [4.69, 9.17) is 15.2 Å². The number of hydrogen-bond acceptors (Lipinski definition) is 8. The molecular formula is C16H21F4N5O5.